The van der Waals surface area contributed by atoms with Gasteiger partial charge in [0.05, 0.1) is 41.7 Å². The van der Waals surface area contributed by atoms with Crippen LogP contribution in [0.25, 0.3) is 10.9 Å². The molecule has 1 aromatic heterocycles. The van der Waals surface area contributed by atoms with Gasteiger partial charge in [-0.2, -0.15) is 0 Å². The van der Waals surface area contributed by atoms with Gasteiger partial charge in [-0.1, -0.05) is 36.4 Å². The largest absolute Gasteiger partial charge is 0.494 e. The van der Waals surface area contributed by atoms with Crippen LogP contribution in [0.3, 0.4) is 0 Å². The van der Waals surface area contributed by atoms with Crippen LogP contribution in [0.2, 0.25) is 0 Å². The van der Waals surface area contributed by atoms with E-state index in [0.29, 0.717) is 41.7 Å². The summed E-state index contributed by atoms with van der Waals surface area (Å²) in [6.07, 6.45) is 0.402. The molecule has 0 aliphatic carbocycles. The Hall–Kier alpha value is -6.26. The molecule has 1 saturated heterocycles. The highest BCUT2D eigenvalue weighted by Gasteiger charge is 2.30. The molecular formula is C43H53N7O9. The first kappa shape index (κ1) is 43.9. The van der Waals surface area contributed by atoms with E-state index in [9.17, 15) is 34.2 Å². The molecule has 16 heteroatoms. The van der Waals surface area contributed by atoms with Gasteiger partial charge in [-0.25, -0.2) is 28.7 Å². The van der Waals surface area contributed by atoms with Crippen LogP contribution in [0.5, 0.6) is 5.88 Å². The predicted octanol–water partition coefficient (Wildman–Crippen LogP) is 5.22. The van der Waals surface area contributed by atoms with Gasteiger partial charge in [-0.3, -0.25) is 9.69 Å². The number of anilines is 1. The maximum atomic E-state index is 14.1. The molecule has 3 aromatic carbocycles. The highest BCUT2D eigenvalue weighted by molar-refractivity contribution is 6.23. The molecule has 314 valence electrons. The number of carboxylic acid groups (broad SMARTS) is 1. The van der Waals surface area contributed by atoms with E-state index in [2.05, 4.69) is 27.5 Å². The second kappa shape index (κ2) is 19.5. The number of unbranched alkanes of at least 4 members (excludes halogenated alkanes) is 1. The number of aromatic carboxylic acids is 1. The molecule has 1 atom stereocenters. The Morgan fingerprint density at radius 1 is 0.915 bits per heavy atom. The molecule has 59 heavy (non-hydrogen) atoms. The molecule has 0 radical (unpaired) electrons. The number of hydrogen-bond acceptors (Lipinski definition) is 11. The van der Waals surface area contributed by atoms with Crippen molar-refractivity contribution in [3.63, 3.8) is 0 Å². The summed E-state index contributed by atoms with van der Waals surface area (Å²) in [5.41, 5.74) is 1.40. The molecule has 1 aliphatic rings. The van der Waals surface area contributed by atoms with E-state index in [4.69, 9.17) is 14.5 Å². The molecule has 1 fully saturated rings. The standard InChI is InChI=1S/C43H53N7O9/c1-43(2,3)59-42(57)44-21-11-10-14-33(40(55)58-6)46-41(56)50-34-26-29(39(53)54)15-20-32(34)36(38(50)52)37(28-12-8-7-9-13-28)45-30-16-18-31(19-17-30)48(5)35(51)27-49-24-22-47(4)23-25-49/h7-9,12-13,15-20,26,33,52H,10-11,14,21-25,27H2,1-6H3,(H,44,57)(H,46,56)(H,53,54). The number of aliphatic imine (C=N–C) groups is 1. The Balaban J connectivity index is 1.45. The number of methoxy groups -OCH3 is 1. The summed E-state index contributed by atoms with van der Waals surface area (Å²) in [5, 5.41) is 27.5. The number of amides is 3. The van der Waals surface area contributed by atoms with Gasteiger partial charge in [0.1, 0.15) is 11.6 Å². The molecule has 0 spiro atoms. The fourth-order valence-electron chi connectivity index (χ4n) is 6.62. The normalized spacial score (nSPS) is 14.4. The van der Waals surface area contributed by atoms with Crippen molar-refractivity contribution >= 4 is 58.0 Å². The number of aromatic hydroxyl groups is 1. The van der Waals surface area contributed by atoms with E-state index in [1.54, 1.807) is 81.2 Å². The lowest BCUT2D eigenvalue weighted by Gasteiger charge is -2.32. The average Bonchev–Trinajstić information content (AvgIpc) is 3.49. The second-order valence-electron chi connectivity index (χ2n) is 15.4. The number of esters is 1. The van der Waals surface area contributed by atoms with Crippen LogP contribution in [0.15, 0.2) is 77.8 Å². The summed E-state index contributed by atoms with van der Waals surface area (Å²) in [6, 6.07) is 18.1. The number of aromatic nitrogens is 1. The van der Waals surface area contributed by atoms with E-state index in [0.717, 1.165) is 30.7 Å². The maximum Gasteiger partial charge on any atom is 0.407 e. The molecule has 1 unspecified atom stereocenters. The van der Waals surface area contributed by atoms with E-state index < -0.39 is 41.6 Å². The number of carbonyl (C=O) groups excluding carboxylic acids is 4. The minimum atomic E-state index is -1.25. The van der Waals surface area contributed by atoms with E-state index >= 15 is 0 Å². The van der Waals surface area contributed by atoms with Gasteiger partial charge >= 0.3 is 24.1 Å². The number of likely N-dealkylation sites (N-methyl/N-ethyl adjacent to an activating group) is 2. The van der Waals surface area contributed by atoms with Gasteiger partial charge in [0.25, 0.3) is 0 Å². The third kappa shape index (κ3) is 11.4. The molecule has 4 N–H and O–H groups in total. The molecule has 4 aromatic rings. The minimum absolute atomic E-state index is 0.0443. The summed E-state index contributed by atoms with van der Waals surface area (Å²) in [6.45, 7) is 9.26. The van der Waals surface area contributed by atoms with Crippen molar-refractivity contribution < 1.29 is 43.7 Å². The number of fused-ring (bicyclic) bond motifs is 1. The first-order valence-corrected chi connectivity index (χ1v) is 19.4. The quantitative estimate of drug-likeness (QED) is 0.0741. The number of nitrogens with zero attached hydrogens (tertiary/aromatic N) is 5. The number of ether oxygens (including phenoxy) is 2. The Kier molecular flexibility index (Phi) is 14.5. The zero-order valence-corrected chi connectivity index (χ0v) is 34.4. The van der Waals surface area contributed by atoms with E-state index in [1.165, 1.54) is 25.3 Å². The molecule has 2 heterocycles. The van der Waals surface area contributed by atoms with Gasteiger partial charge in [-0.15, -0.1) is 0 Å². The van der Waals surface area contributed by atoms with Crippen LogP contribution in [0.1, 0.15) is 61.5 Å². The lowest BCUT2D eigenvalue weighted by molar-refractivity contribution is -0.143. The zero-order valence-electron chi connectivity index (χ0n) is 34.4. The van der Waals surface area contributed by atoms with Gasteiger partial charge in [0, 0.05) is 56.4 Å². The Bertz CT molecular complexity index is 2170. The Labute approximate surface area is 343 Å². The molecule has 16 nitrogen and oxygen atoms in total. The highest BCUT2D eigenvalue weighted by Crippen LogP contribution is 2.36. The van der Waals surface area contributed by atoms with Crippen LogP contribution < -0.4 is 15.5 Å². The van der Waals surface area contributed by atoms with Crippen molar-refractivity contribution in [2.45, 2.75) is 51.7 Å². The van der Waals surface area contributed by atoms with Crippen LogP contribution in [0.4, 0.5) is 21.0 Å². The SMILES string of the molecule is COC(=O)C(CCCCNC(=O)OC(C)(C)C)NC(=O)n1c(O)c(C(=Nc2ccc(N(C)C(=O)CN3CCN(C)CC3)cc2)c2ccccc2)c2ccc(C(=O)O)cc21. The second-order valence-corrected chi connectivity index (χ2v) is 15.4. The summed E-state index contributed by atoms with van der Waals surface area (Å²) in [7, 11) is 4.97. The predicted molar refractivity (Wildman–Crippen MR) is 224 cm³/mol. The van der Waals surface area contributed by atoms with Crippen LogP contribution in [-0.2, 0) is 19.1 Å². The van der Waals surface area contributed by atoms with Crippen LogP contribution >= 0.6 is 0 Å². The first-order chi connectivity index (χ1) is 28.1. The number of hydrogen-bond donors (Lipinski definition) is 4. The number of carboxylic acids is 1. The van der Waals surface area contributed by atoms with Crippen molar-refractivity contribution in [3.05, 3.63) is 89.5 Å². The van der Waals surface area contributed by atoms with Crippen molar-refractivity contribution in [2.75, 3.05) is 65.4 Å². The van der Waals surface area contributed by atoms with Crippen LogP contribution in [-0.4, -0.2) is 132 Å². The molecule has 0 bridgehead atoms. The van der Waals surface area contributed by atoms with Crippen molar-refractivity contribution in [1.29, 1.82) is 0 Å². The fourth-order valence-corrected chi connectivity index (χ4v) is 6.62. The number of benzene rings is 3. The molecule has 1 aliphatic heterocycles. The summed E-state index contributed by atoms with van der Waals surface area (Å²) in [4.78, 5) is 75.2. The number of rotatable bonds is 14. The lowest BCUT2D eigenvalue weighted by Crippen LogP contribution is -2.48. The number of nitrogens with one attached hydrogen (secondary N) is 2. The van der Waals surface area contributed by atoms with E-state index in [-0.39, 0.29) is 41.2 Å². The van der Waals surface area contributed by atoms with Gasteiger partial charge in [-0.05, 0) is 83.5 Å². The number of carbonyl (C=O) groups is 5. The summed E-state index contributed by atoms with van der Waals surface area (Å²) >= 11 is 0. The van der Waals surface area contributed by atoms with Gasteiger partial charge < -0.3 is 40.1 Å². The molecule has 0 saturated carbocycles. The number of piperazine rings is 1. The Morgan fingerprint density at radius 2 is 1.59 bits per heavy atom. The van der Waals surface area contributed by atoms with E-state index in [1.807, 2.05) is 6.07 Å². The van der Waals surface area contributed by atoms with Crippen molar-refractivity contribution in [1.82, 2.24) is 25.0 Å². The molecule has 5 rings (SSSR count). The third-order valence-corrected chi connectivity index (χ3v) is 9.86. The molecular weight excluding hydrogens is 759 g/mol. The summed E-state index contributed by atoms with van der Waals surface area (Å²) < 4.78 is 11.1. The highest BCUT2D eigenvalue weighted by atomic mass is 16.6. The lowest BCUT2D eigenvalue weighted by atomic mass is 10.00. The smallest absolute Gasteiger partial charge is 0.407 e. The van der Waals surface area contributed by atoms with Crippen molar-refractivity contribution in [2.24, 2.45) is 4.99 Å². The van der Waals surface area contributed by atoms with Crippen molar-refractivity contribution in [3.8, 4) is 5.88 Å². The van der Waals surface area contributed by atoms with Gasteiger partial charge in [0.2, 0.25) is 11.8 Å². The maximum absolute atomic E-state index is 14.1. The zero-order chi connectivity index (χ0) is 42.9. The Morgan fingerprint density at radius 3 is 2.22 bits per heavy atom. The molecule has 3 amide bonds. The minimum Gasteiger partial charge on any atom is -0.494 e. The first-order valence-electron chi connectivity index (χ1n) is 19.4. The topological polar surface area (TPSA) is 195 Å². The number of alkyl carbamates (subject to hydrolysis) is 1. The third-order valence-electron chi connectivity index (χ3n) is 9.86. The summed E-state index contributed by atoms with van der Waals surface area (Å²) in [5.74, 6) is -2.57. The van der Waals surface area contributed by atoms with Crippen LogP contribution in [0, 0.1) is 0 Å². The average molecular weight is 812 g/mol. The fraction of sp³-hybridized carbons (Fsp3) is 0.395. The monoisotopic (exact) mass is 811 g/mol. The van der Waals surface area contributed by atoms with Gasteiger partial charge in [0.15, 0.2) is 0 Å².